The first-order valence-electron chi connectivity index (χ1n) is 7.35. The number of fused-ring (bicyclic) bond motifs is 1. The average Bonchev–Trinajstić information content (AvgIpc) is 3.14. The van der Waals surface area contributed by atoms with Crippen LogP contribution in [0.25, 0.3) is 0 Å². The maximum atomic E-state index is 12.7. The van der Waals surface area contributed by atoms with Crippen LogP contribution in [0.1, 0.15) is 40.5 Å². The van der Waals surface area contributed by atoms with Gasteiger partial charge < -0.3 is 9.84 Å². The molecule has 3 aliphatic rings. The van der Waals surface area contributed by atoms with E-state index >= 15 is 0 Å². The quantitative estimate of drug-likeness (QED) is 0.860. The predicted molar refractivity (Wildman–Crippen MR) is 77.3 cm³/mol. The molecule has 0 radical (unpaired) electrons. The summed E-state index contributed by atoms with van der Waals surface area (Å²) in [5.41, 5.74) is 3.51. The minimum Gasteiger partial charge on any atom is -0.381 e. The van der Waals surface area contributed by atoms with Crippen molar-refractivity contribution in [2.24, 2.45) is 5.41 Å². The number of Topliss-reactive ketones (excluding diaryl/α,β-unsaturated/α-hetero) is 1. The zero-order valence-corrected chi connectivity index (χ0v) is 12.7. The van der Waals surface area contributed by atoms with Crippen molar-refractivity contribution in [3.8, 4) is 0 Å². The van der Waals surface area contributed by atoms with Gasteiger partial charge in [-0.15, -0.1) is 0 Å². The van der Waals surface area contributed by atoms with E-state index in [-0.39, 0.29) is 11.2 Å². The molecule has 0 heterocycles. The Kier molecular flexibility index (Phi) is 2.86. The Morgan fingerprint density at radius 1 is 1.35 bits per heavy atom. The van der Waals surface area contributed by atoms with Gasteiger partial charge in [-0.2, -0.15) is 0 Å². The standard InChI is InChI=1S/C17H22O3/c1-5-20-9-13-10(2)8-12-14(13)11(3)17(6-7-17)16(4,19)15(12)18/h8,19H,5-7,9H2,1-4H3/t16-/m0/s1. The van der Waals surface area contributed by atoms with Crippen LogP contribution < -0.4 is 0 Å². The second-order valence-corrected chi connectivity index (χ2v) is 6.34. The zero-order valence-electron chi connectivity index (χ0n) is 12.7. The third kappa shape index (κ3) is 1.51. The van der Waals surface area contributed by atoms with Crippen molar-refractivity contribution in [1.29, 1.82) is 0 Å². The molecule has 108 valence electrons. The maximum Gasteiger partial charge on any atom is 0.195 e. The summed E-state index contributed by atoms with van der Waals surface area (Å²) in [6.45, 7) is 8.94. The topological polar surface area (TPSA) is 46.5 Å². The van der Waals surface area contributed by atoms with Crippen molar-refractivity contribution < 1.29 is 14.6 Å². The van der Waals surface area contributed by atoms with Crippen LogP contribution in [0.15, 0.2) is 33.9 Å². The molecule has 20 heavy (non-hydrogen) atoms. The van der Waals surface area contributed by atoms with Crippen LogP contribution in [0.4, 0.5) is 0 Å². The molecular weight excluding hydrogens is 252 g/mol. The molecule has 1 atom stereocenters. The van der Waals surface area contributed by atoms with Crippen LogP contribution in [-0.2, 0) is 9.53 Å². The fourth-order valence-corrected chi connectivity index (χ4v) is 3.80. The lowest BCUT2D eigenvalue weighted by Gasteiger charge is -2.39. The average molecular weight is 274 g/mol. The summed E-state index contributed by atoms with van der Waals surface area (Å²) in [5, 5.41) is 10.7. The van der Waals surface area contributed by atoms with Gasteiger partial charge in [-0.05, 0) is 63.3 Å². The van der Waals surface area contributed by atoms with Gasteiger partial charge in [0.05, 0.1) is 6.61 Å². The van der Waals surface area contributed by atoms with Gasteiger partial charge in [-0.3, -0.25) is 4.79 Å². The van der Waals surface area contributed by atoms with E-state index < -0.39 is 5.60 Å². The molecule has 3 nitrogen and oxygen atoms in total. The third-order valence-corrected chi connectivity index (χ3v) is 5.32. The van der Waals surface area contributed by atoms with E-state index in [1.165, 1.54) is 5.57 Å². The summed E-state index contributed by atoms with van der Waals surface area (Å²) in [7, 11) is 0. The van der Waals surface area contributed by atoms with E-state index in [0.717, 1.165) is 29.6 Å². The van der Waals surface area contributed by atoms with Crippen molar-refractivity contribution >= 4 is 5.78 Å². The van der Waals surface area contributed by atoms with Crippen LogP contribution in [0.2, 0.25) is 0 Å². The molecule has 1 saturated carbocycles. The Morgan fingerprint density at radius 2 is 2.00 bits per heavy atom. The molecule has 3 rings (SSSR count). The molecule has 0 aromatic rings. The highest BCUT2D eigenvalue weighted by Crippen LogP contribution is 2.64. The van der Waals surface area contributed by atoms with Crippen LogP contribution in [-0.4, -0.2) is 29.7 Å². The second-order valence-electron chi connectivity index (χ2n) is 6.34. The van der Waals surface area contributed by atoms with E-state index in [2.05, 4.69) is 6.92 Å². The number of ether oxygens (including phenoxy) is 1. The minimum atomic E-state index is -1.26. The number of carbonyl (C=O) groups is 1. The molecule has 3 aliphatic carbocycles. The normalized spacial score (nSPS) is 31.1. The molecule has 0 aromatic heterocycles. The Balaban J connectivity index is 2.13. The summed E-state index contributed by atoms with van der Waals surface area (Å²) in [5.74, 6) is -0.124. The molecule has 0 aliphatic heterocycles. The number of hydrogen-bond acceptors (Lipinski definition) is 3. The van der Waals surface area contributed by atoms with E-state index in [4.69, 9.17) is 4.74 Å². The Labute approximate surface area is 120 Å². The minimum absolute atomic E-state index is 0.124. The lowest BCUT2D eigenvalue weighted by atomic mass is 9.67. The summed E-state index contributed by atoms with van der Waals surface area (Å²) in [4.78, 5) is 12.7. The van der Waals surface area contributed by atoms with Gasteiger partial charge in [0.15, 0.2) is 5.78 Å². The monoisotopic (exact) mass is 274 g/mol. The molecule has 0 saturated heterocycles. The highest BCUT2D eigenvalue weighted by atomic mass is 16.5. The molecule has 0 aromatic carbocycles. The van der Waals surface area contributed by atoms with Gasteiger partial charge in [-0.1, -0.05) is 5.57 Å². The van der Waals surface area contributed by atoms with Crippen molar-refractivity contribution in [2.75, 3.05) is 13.2 Å². The predicted octanol–water partition coefficient (Wildman–Crippen LogP) is 2.71. The van der Waals surface area contributed by atoms with Crippen molar-refractivity contribution in [3.63, 3.8) is 0 Å². The summed E-state index contributed by atoms with van der Waals surface area (Å²) in [6, 6.07) is 0. The van der Waals surface area contributed by atoms with Crippen LogP contribution in [0.3, 0.4) is 0 Å². The van der Waals surface area contributed by atoms with Crippen LogP contribution >= 0.6 is 0 Å². The van der Waals surface area contributed by atoms with Gasteiger partial charge in [0.2, 0.25) is 0 Å². The zero-order chi connectivity index (χ0) is 14.7. The molecule has 0 amide bonds. The van der Waals surface area contributed by atoms with Gasteiger partial charge in [0.1, 0.15) is 5.60 Å². The summed E-state index contributed by atoms with van der Waals surface area (Å²) < 4.78 is 5.56. The molecule has 0 unspecified atom stereocenters. The molecular formula is C17H22O3. The van der Waals surface area contributed by atoms with E-state index in [0.29, 0.717) is 18.8 Å². The van der Waals surface area contributed by atoms with E-state index in [1.807, 2.05) is 19.9 Å². The SMILES string of the molecule is CCOCC1=C(C)C=C2C(=O)[C@](C)(O)C3(CC3)C(C)=C21. The molecule has 0 bridgehead atoms. The highest BCUT2D eigenvalue weighted by molar-refractivity contribution is 6.10. The smallest absolute Gasteiger partial charge is 0.195 e. The van der Waals surface area contributed by atoms with Gasteiger partial charge in [0.25, 0.3) is 0 Å². The lowest BCUT2D eigenvalue weighted by molar-refractivity contribution is -0.137. The number of aliphatic hydroxyl groups is 1. The molecule has 1 N–H and O–H groups in total. The first kappa shape index (κ1) is 13.8. The second kappa shape index (κ2) is 4.15. The van der Waals surface area contributed by atoms with E-state index in [1.54, 1.807) is 6.92 Å². The van der Waals surface area contributed by atoms with Gasteiger partial charge >= 0.3 is 0 Å². The molecule has 1 spiro atoms. The lowest BCUT2D eigenvalue weighted by Crippen LogP contribution is -2.49. The molecule has 3 heteroatoms. The number of carbonyl (C=O) groups excluding carboxylic acids is 1. The number of allylic oxidation sites excluding steroid dienone is 2. The largest absolute Gasteiger partial charge is 0.381 e. The van der Waals surface area contributed by atoms with Crippen LogP contribution in [0, 0.1) is 5.41 Å². The fourth-order valence-electron chi connectivity index (χ4n) is 3.80. The number of ketones is 1. The third-order valence-electron chi connectivity index (χ3n) is 5.32. The van der Waals surface area contributed by atoms with Crippen LogP contribution in [0.5, 0.6) is 0 Å². The summed E-state index contributed by atoms with van der Waals surface area (Å²) in [6.07, 6.45) is 3.71. The number of rotatable bonds is 3. The Bertz CT molecular complexity index is 583. The highest BCUT2D eigenvalue weighted by Gasteiger charge is 2.64. The van der Waals surface area contributed by atoms with Crippen molar-refractivity contribution in [3.05, 3.63) is 33.9 Å². The Hall–Kier alpha value is -1.19. The van der Waals surface area contributed by atoms with Gasteiger partial charge in [0, 0.05) is 17.6 Å². The van der Waals surface area contributed by atoms with E-state index in [9.17, 15) is 9.90 Å². The molecule has 1 fully saturated rings. The maximum absolute atomic E-state index is 12.7. The number of hydrogen-bond donors (Lipinski definition) is 1. The van der Waals surface area contributed by atoms with Crippen molar-refractivity contribution in [1.82, 2.24) is 0 Å². The first-order chi connectivity index (χ1) is 9.37. The Morgan fingerprint density at radius 3 is 2.55 bits per heavy atom. The van der Waals surface area contributed by atoms with Crippen molar-refractivity contribution in [2.45, 2.75) is 46.1 Å². The van der Waals surface area contributed by atoms with Gasteiger partial charge in [-0.25, -0.2) is 0 Å². The summed E-state index contributed by atoms with van der Waals surface area (Å²) >= 11 is 0. The fraction of sp³-hybridized carbons (Fsp3) is 0.588. The first-order valence-corrected chi connectivity index (χ1v) is 7.35.